The number of hydrogen-bond donors (Lipinski definition) is 0. The zero-order valence-corrected chi connectivity index (χ0v) is 29.4. The lowest BCUT2D eigenvalue weighted by Gasteiger charge is -2.31. The molecule has 0 saturated heterocycles. The third-order valence-corrected chi connectivity index (χ3v) is 12.0. The van der Waals surface area contributed by atoms with Crippen LogP contribution in [0.2, 0.25) is 0 Å². The van der Waals surface area contributed by atoms with Gasteiger partial charge in [-0.3, -0.25) is 0 Å². The Morgan fingerprint density at radius 3 is 1.06 bits per heavy atom. The summed E-state index contributed by atoms with van der Waals surface area (Å²) in [7, 11) is 0. The average Bonchev–Trinajstić information content (AvgIpc) is 3.53. The Hall–Kier alpha value is -4.88. The molecule has 6 aromatic carbocycles. The van der Waals surface area contributed by atoms with Gasteiger partial charge in [0.15, 0.2) is 0 Å². The van der Waals surface area contributed by atoms with E-state index in [1.807, 2.05) is 0 Å². The lowest BCUT2D eigenvalue weighted by molar-refractivity contribution is 0.659. The second-order valence-electron chi connectivity index (χ2n) is 16.0. The molecule has 0 aliphatic heterocycles. The molecular formula is C47H43N. The number of fused-ring (bicyclic) bond motifs is 9. The highest BCUT2D eigenvalue weighted by molar-refractivity contribution is 5.90. The largest absolute Gasteiger partial charge is 0.310 e. The fourth-order valence-corrected chi connectivity index (χ4v) is 9.24. The van der Waals surface area contributed by atoms with Crippen LogP contribution < -0.4 is 4.90 Å². The van der Waals surface area contributed by atoms with E-state index in [0.29, 0.717) is 0 Å². The molecule has 0 bridgehead atoms. The smallest absolute Gasteiger partial charge is 0.0465 e. The van der Waals surface area contributed by atoms with Gasteiger partial charge in [0, 0.05) is 33.3 Å². The van der Waals surface area contributed by atoms with E-state index in [9.17, 15) is 0 Å². The minimum absolute atomic E-state index is 0.0769. The molecule has 3 aliphatic rings. The minimum Gasteiger partial charge on any atom is -0.310 e. The lowest BCUT2D eigenvalue weighted by atomic mass is 9.81. The van der Waals surface area contributed by atoms with Gasteiger partial charge >= 0.3 is 0 Å². The van der Waals surface area contributed by atoms with Gasteiger partial charge in [-0.1, -0.05) is 132 Å². The molecule has 0 aromatic heterocycles. The summed E-state index contributed by atoms with van der Waals surface area (Å²) >= 11 is 0. The Labute approximate surface area is 285 Å². The van der Waals surface area contributed by atoms with Crippen LogP contribution in [0.5, 0.6) is 0 Å². The van der Waals surface area contributed by atoms with Crippen molar-refractivity contribution in [2.45, 2.75) is 71.6 Å². The van der Waals surface area contributed by atoms with Crippen LogP contribution in [-0.4, -0.2) is 0 Å². The van der Waals surface area contributed by atoms with Crippen molar-refractivity contribution in [2.75, 3.05) is 4.90 Å². The molecule has 0 fully saturated rings. The summed E-state index contributed by atoms with van der Waals surface area (Å²) in [6, 6.07) is 44.3. The molecule has 0 heterocycles. The minimum atomic E-state index is -0.0840. The zero-order chi connectivity index (χ0) is 33.3. The third kappa shape index (κ3) is 3.85. The van der Waals surface area contributed by atoms with Crippen molar-refractivity contribution < 1.29 is 0 Å². The normalized spacial score (nSPS) is 16.4. The van der Waals surface area contributed by atoms with Crippen LogP contribution >= 0.6 is 0 Å². The van der Waals surface area contributed by atoms with Gasteiger partial charge in [0.25, 0.3) is 0 Å². The second kappa shape index (κ2) is 9.60. The molecule has 48 heavy (non-hydrogen) atoms. The van der Waals surface area contributed by atoms with E-state index < -0.39 is 0 Å². The third-order valence-electron chi connectivity index (χ3n) is 12.0. The first-order valence-corrected chi connectivity index (χ1v) is 17.4. The highest BCUT2D eigenvalue weighted by Crippen LogP contribution is 2.55. The fraction of sp³-hybridized carbons (Fsp3) is 0.234. The predicted octanol–water partition coefficient (Wildman–Crippen LogP) is 12.7. The van der Waals surface area contributed by atoms with Gasteiger partial charge in [-0.15, -0.1) is 0 Å². The molecule has 1 nitrogen and oxygen atoms in total. The van der Waals surface area contributed by atoms with E-state index >= 15 is 0 Å². The maximum atomic E-state index is 2.51. The number of aryl methyl sites for hydroxylation is 2. The Balaban J connectivity index is 1.25. The van der Waals surface area contributed by atoms with Gasteiger partial charge in [-0.25, -0.2) is 0 Å². The second-order valence-corrected chi connectivity index (χ2v) is 16.0. The molecule has 0 amide bonds. The van der Waals surface area contributed by atoms with E-state index in [1.54, 1.807) is 0 Å². The van der Waals surface area contributed by atoms with Crippen molar-refractivity contribution in [2.24, 2.45) is 0 Å². The summed E-state index contributed by atoms with van der Waals surface area (Å²) in [6.45, 7) is 18.7. The van der Waals surface area contributed by atoms with Gasteiger partial charge in [0.2, 0.25) is 0 Å². The molecule has 3 aliphatic carbocycles. The summed E-state index contributed by atoms with van der Waals surface area (Å²) in [5.41, 5.74) is 22.5. The molecule has 9 rings (SSSR count). The highest BCUT2D eigenvalue weighted by Gasteiger charge is 2.39. The highest BCUT2D eigenvalue weighted by atomic mass is 15.1. The van der Waals surface area contributed by atoms with Crippen LogP contribution in [0.4, 0.5) is 17.1 Å². The standard InChI is InChI=1S/C47H43N/c1-28-13-18-34-37-21-16-31(26-43(37)46(5,6)40(34)23-28)48(30-15-20-36-33-11-9-10-12-39(33)45(3,4)42(36)25-30)32-17-22-38-35-19-14-29(2)24-41(35)47(7,8)44(38)27-32/h9-27H,1-8H3. The van der Waals surface area contributed by atoms with Gasteiger partial charge in [0.1, 0.15) is 0 Å². The first-order valence-electron chi connectivity index (χ1n) is 17.4. The predicted molar refractivity (Wildman–Crippen MR) is 203 cm³/mol. The molecule has 6 aromatic rings. The van der Waals surface area contributed by atoms with Crippen molar-refractivity contribution in [1.82, 2.24) is 0 Å². The van der Waals surface area contributed by atoms with E-state index in [0.717, 1.165) is 0 Å². The molecule has 0 saturated carbocycles. The molecule has 0 unspecified atom stereocenters. The summed E-state index contributed by atoms with van der Waals surface area (Å²) in [5.74, 6) is 0. The van der Waals surface area contributed by atoms with Crippen LogP contribution in [-0.2, 0) is 16.2 Å². The molecule has 0 N–H and O–H groups in total. The quantitative estimate of drug-likeness (QED) is 0.190. The van der Waals surface area contributed by atoms with Crippen LogP contribution in [0.1, 0.15) is 86.1 Å². The van der Waals surface area contributed by atoms with Crippen LogP contribution in [0.3, 0.4) is 0 Å². The Morgan fingerprint density at radius 1 is 0.333 bits per heavy atom. The molecule has 1 heteroatoms. The SMILES string of the molecule is Cc1ccc2c(c1)C(C)(C)c1cc(N(c3ccc4c(c3)C(C)(C)c3ccccc3-4)c3ccc4c(c3)C(C)(C)c3cc(C)ccc3-4)ccc1-2. The van der Waals surface area contributed by atoms with Crippen LogP contribution in [0.25, 0.3) is 33.4 Å². The van der Waals surface area contributed by atoms with E-state index in [4.69, 9.17) is 0 Å². The van der Waals surface area contributed by atoms with Crippen LogP contribution in [0.15, 0.2) is 115 Å². The maximum Gasteiger partial charge on any atom is 0.0465 e. The van der Waals surface area contributed by atoms with E-state index in [2.05, 4.69) is 176 Å². The summed E-state index contributed by atoms with van der Waals surface area (Å²) in [6.07, 6.45) is 0. The first-order chi connectivity index (χ1) is 22.9. The van der Waals surface area contributed by atoms with Crippen molar-refractivity contribution in [3.63, 3.8) is 0 Å². The van der Waals surface area contributed by atoms with Gasteiger partial charge in [0.05, 0.1) is 0 Å². The Morgan fingerprint density at radius 2 is 0.646 bits per heavy atom. The zero-order valence-electron chi connectivity index (χ0n) is 29.4. The Kier molecular flexibility index (Phi) is 5.86. The summed E-state index contributed by atoms with van der Waals surface area (Å²) < 4.78 is 0. The van der Waals surface area contributed by atoms with Gasteiger partial charge < -0.3 is 4.90 Å². The van der Waals surface area contributed by atoms with Gasteiger partial charge in [-0.2, -0.15) is 0 Å². The number of rotatable bonds is 3. The molecule has 0 spiro atoms. The van der Waals surface area contributed by atoms with Crippen molar-refractivity contribution in [3.05, 3.63) is 160 Å². The fourth-order valence-electron chi connectivity index (χ4n) is 9.24. The Bertz CT molecular complexity index is 2230. The van der Waals surface area contributed by atoms with E-state index in [-0.39, 0.29) is 16.2 Å². The average molecular weight is 622 g/mol. The number of benzene rings is 6. The lowest BCUT2D eigenvalue weighted by Crippen LogP contribution is -2.19. The molecular weight excluding hydrogens is 579 g/mol. The summed E-state index contributed by atoms with van der Waals surface area (Å²) in [4.78, 5) is 2.51. The van der Waals surface area contributed by atoms with Crippen molar-refractivity contribution in [3.8, 4) is 33.4 Å². The van der Waals surface area contributed by atoms with Crippen molar-refractivity contribution >= 4 is 17.1 Å². The molecule has 0 atom stereocenters. The number of anilines is 3. The van der Waals surface area contributed by atoms with E-state index in [1.165, 1.54) is 95.0 Å². The first kappa shape index (κ1) is 29.3. The maximum absolute atomic E-state index is 2.51. The monoisotopic (exact) mass is 621 g/mol. The number of nitrogens with zero attached hydrogens (tertiary/aromatic N) is 1. The molecule has 0 radical (unpaired) electrons. The van der Waals surface area contributed by atoms with Gasteiger partial charge in [-0.05, 0) is 117 Å². The van der Waals surface area contributed by atoms with Crippen molar-refractivity contribution in [1.29, 1.82) is 0 Å². The summed E-state index contributed by atoms with van der Waals surface area (Å²) in [5, 5.41) is 0. The van der Waals surface area contributed by atoms with Crippen LogP contribution in [0, 0.1) is 13.8 Å². The molecule has 236 valence electrons. The number of hydrogen-bond acceptors (Lipinski definition) is 1. The topological polar surface area (TPSA) is 3.24 Å².